The molecule has 0 aliphatic carbocycles. The van der Waals surface area contributed by atoms with Crippen molar-refractivity contribution in [2.45, 2.75) is 33.4 Å². The summed E-state index contributed by atoms with van der Waals surface area (Å²) in [5, 5.41) is 4.98. The fraction of sp³-hybridized carbons (Fsp3) is 0.407. The lowest BCUT2D eigenvalue weighted by Crippen LogP contribution is -2.41. The summed E-state index contributed by atoms with van der Waals surface area (Å²) in [7, 11) is 3.26. The zero-order chi connectivity index (χ0) is 25.2. The van der Waals surface area contributed by atoms with Crippen LogP contribution in [0.15, 0.2) is 53.3 Å². The second kappa shape index (κ2) is 13.1. The molecule has 0 aliphatic heterocycles. The number of aromatic nitrogens is 1. The Labute approximate surface area is 213 Å². The Hall–Kier alpha value is -3.10. The van der Waals surface area contributed by atoms with Gasteiger partial charge < -0.3 is 29.6 Å². The fourth-order valence-electron chi connectivity index (χ4n) is 3.98. The van der Waals surface area contributed by atoms with E-state index < -0.39 is 0 Å². The zero-order valence-corrected chi connectivity index (χ0v) is 21.9. The molecule has 0 aliphatic rings. The van der Waals surface area contributed by atoms with Gasteiger partial charge in [-0.15, -0.1) is 0 Å². The minimum atomic E-state index is -0.130. The van der Waals surface area contributed by atoms with Crippen LogP contribution in [0.25, 0.3) is 10.9 Å². The van der Waals surface area contributed by atoms with Crippen LogP contribution in [0.1, 0.15) is 31.4 Å². The number of benzene rings is 2. The summed E-state index contributed by atoms with van der Waals surface area (Å²) in [4.78, 5) is 20.3. The lowest BCUT2D eigenvalue weighted by molar-refractivity contribution is 0.299. The van der Waals surface area contributed by atoms with E-state index in [-0.39, 0.29) is 5.56 Å². The van der Waals surface area contributed by atoms with Crippen molar-refractivity contribution in [2.24, 2.45) is 0 Å². The Kier molecular flexibility index (Phi) is 9.93. The van der Waals surface area contributed by atoms with Crippen molar-refractivity contribution < 1.29 is 9.47 Å². The topological polar surface area (TPSA) is 69.8 Å². The number of pyridine rings is 1. The van der Waals surface area contributed by atoms with Crippen molar-refractivity contribution in [1.82, 2.24) is 20.1 Å². The van der Waals surface area contributed by atoms with Crippen LogP contribution in [0, 0.1) is 0 Å². The standard InChI is InChI=1S/C27H36N4O3S/c1-5-30(6-2)15-7-14-28-27(35)31(18-20-8-11-23(33-3)12-9-20)19-22-16-21-10-13-24(34-4)17-25(21)29-26(22)32/h8-13,16-17H,5-7,14-15,18-19H2,1-4H3,(H,28,35)(H,29,32). The molecule has 0 unspecified atom stereocenters. The molecule has 0 radical (unpaired) electrons. The smallest absolute Gasteiger partial charge is 0.253 e. The van der Waals surface area contributed by atoms with Crippen LogP contribution in [0.2, 0.25) is 0 Å². The van der Waals surface area contributed by atoms with Crippen LogP contribution in [-0.4, -0.2) is 60.3 Å². The number of ether oxygens (including phenoxy) is 2. The number of aromatic amines is 1. The fourth-order valence-corrected chi connectivity index (χ4v) is 4.21. The van der Waals surface area contributed by atoms with E-state index in [0.717, 1.165) is 54.8 Å². The lowest BCUT2D eigenvalue weighted by atomic mass is 10.1. The predicted molar refractivity (Wildman–Crippen MR) is 146 cm³/mol. The zero-order valence-electron chi connectivity index (χ0n) is 21.1. The number of rotatable bonds is 12. The van der Waals surface area contributed by atoms with Gasteiger partial charge in [0, 0.05) is 24.7 Å². The highest BCUT2D eigenvalue weighted by Crippen LogP contribution is 2.20. The SMILES string of the molecule is CCN(CC)CCCNC(=S)N(Cc1ccc(OC)cc1)Cc1cc2ccc(OC)cc2[nH]c1=O. The molecule has 3 aromatic rings. The highest BCUT2D eigenvalue weighted by molar-refractivity contribution is 7.80. The van der Waals surface area contributed by atoms with Crippen LogP contribution in [-0.2, 0) is 13.1 Å². The van der Waals surface area contributed by atoms with E-state index in [4.69, 9.17) is 21.7 Å². The molecular weight excluding hydrogens is 460 g/mol. The number of thiocarbonyl (C=S) groups is 1. The highest BCUT2D eigenvalue weighted by atomic mass is 32.1. The minimum absolute atomic E-state index is 0.130. The van der Waals surface area contributed by atoms with Crippen molar-refractivity contribution in [2.75, 3.05) is 40.4 Å². The van der Waals surface area contributed by atoms with E-state index in [1.54, 1.807) is 14.2 Å². The first kappa shape index (κ1) is 26.5. The molecule has 1 heterocycles. The molecule has 188 valence electrons. The largest absolute Gasteiger partial charge is 0.497 e. The Bertz CT molecular complexity index is 1160. The lowest BCUT2D eigenvalue weighted by Gasteiger charge is -2.26. The molecule has 0 saturated heterocycles. The first-order chi connectivity index (χ1) is 17.0. The molecule has 0 atom stereocenters. The molecule has 1 aromatic heterocycles. The molecule has 2 aromatic carbocycles. The second-order valence-corrected chi connectivity index (χ2v) is 8.78. The quantitative estimate of drug-likeness (QED) is 0.288. The Morgan fingerprint density at radius 2 is 1.66 bits per heavy atom. The summed E-state index contributed by atoms with van der Waals surface area (Å²) in [6, 6.07) is 15.5. The second-order valence-electron chi connectivity index (χ2n) is 8.39. The summed E-state index contributed by atoms with van der Waals surface area (Å²) in [5.41, 5.74) is 2.36. The molecule has 0 amide bonds. The third-order valence-electron chi connectivity index (χ3n) is 6.13. The third kappa shape index (κ3) is 7.44. The minimum Gasteiger partial charge on any atom is -0.497 e. The van der Waals surface area contributed by atoms with E-state index in [1.807, 2.05) is 53.4 Å². The Morgan fingerprint density at radius 3 is 2.31 bits per heavy atom. The first-order valence-corrected chi connectivity index (χ1v) is 12.5. The van der Waals surface area contributed by atoms with E-state index in [1.165, 1.54) is 0 Å². The van der Waals surface area contributed by atoms with Crippen molar-refractivity contribution >= 4 is 28.2 Å². The van der Waals surface area contributed by atoms with Gasteiger partial charge in [-0.2, -0.15) is 0 Å². The summed E-state index contributed by atoms with van der Waals surface area (Å²) < 4.78 is 10.6. The summed E-state index contributed by atoms with van der Waals surface area (Å²) in [5.74, 6) is 1.51. The third-order valence-corrected chi connectivity index (χ3v) is 6.54. The van der Waals surface area contributed by atoms with Gasteiger partial charge in [-0.3, -0.25) is 4.79 Å². The Morgan fingerprint density at radius 1 is 0.971 bits per heavy atom. The highest BCUT2D eigenvalue weighted by Gasteiger charge is 2.15. The van der Waals surface area contributed by atoms with Gasteiger partial charge in [0.2, 0.25) is 0 Å². The molecule has 2 N–H and O–H groups in total. The average Bonchev–Trinajstić information content (AvgIpc) is 2.88. The van der Waals surface area contributed by atoms with Crippen molar-refractivity contribution in [1.29, 1.82) is 0 Å². The first-order valence-electron chi connectivity index (χ1n) is 12.0. The van der Waals surface area contributed by atoms with Gasteiger partial charge in [0.1, 0.15) is 11.5 Å². The maximum absolute atomic E-state index is 12.9. The monoisotopic (exact) mass is 496 g/mol. The molecule has 7 nitrogen and oxygen atoms in total. The Balaban J connectivity index is 1.78. The summed E-state index contributed by atoms with van der Waals surface area (Å²) in [6.07, 6.45) is 0.997. The predicted octanol–water partition coefficient (Wildman–Crippen LogP) is 4.15. The molecular formula is C27H36N4O3S. The van der Waals surface area contributed by atoms with Crippen LogP contribution >= 0.6 is 12.2 Å². The van der Waals surface area contributed by atoms with Gasteiger partial charge in [-0.05, 0) is 79.6 Å². The van der Waals surface area contributed by atoms with Crippen LogP contribution in [0.3, 0.4) is 0 Å². The van der Waals surface area contributed by atoms with E-state index in [0.29, 0.717) is 29.5 Å². The average molecular weight is 497 g/mol. The van der Waals surface area contributed by atoms with Crippen molar-refractivity contribution in [3.63, 3.8) is 0 Å². The molecule has 0 spiro atoms. The number of nitrogens with zero attached hydrogens (tertiary/aromatic N) is 2. The summed E-state index contributed by atoms with van der Waals surface area (Å²) in [6.45, 7) is 9.21. The number of hydrogen-bond donors (Lipinski definition) is 2. The van der Waals surface area contributed by atoms with Gasteiger partial charge >= 0.3 is 0 Å². The van der Waals surface area contributed by atoms with E-state index in [2.05, 4.69) is 29.0 Å². The van der Waals surface area contributed by atoms with E-state index in [9.17, 15) is 4.79 Å². The molecule has 8 heteroatoms. The molecule has 3 rings (SSSR count). The van der Waals surface area contributed by atoms with Gasteiger partial charge in [0.15, 0.2) is 5.11 Å². The molecule has 0 bridgehead atoms. The van der Waals surface area contributed by atoms with E-state index >= 15 is 0 Å². The van der Waals surface area contributed by atoms with Crippen molar-refractivity contribution in [3.05, 3.63) is 70.0 Å². The van der Waals surface area contributed by atoms with Crippen LogP contribution in [0.4, 0.5) is 0 Å². The van der Waals surface area contributed by atoms with Gasteiger partial charge in [-0.1, -0.05) is 26.0 Å². The van der Waals surface area contributed by atoms with Gasteiger partial charge in [0.05, 0.1) is 26.3 Å². The normalized spacial score (nSPS) is 11.0. The summed E-state index contributed by atoms with van der Waals surface area (Å²) >= 11 is 5.78. The molecule has 0 fully saturated rings. The van der Waals surface area contributed by atoms with Gasteiger partial charge in [0.25, 0.3) is 5.56 Å². The number of H-pyrrole nitrogens is 1. The maximum Gasteiger partial charge on any atom is 0.253 e. The number of hydrogen-bond acceptors (Lipinski definition) is 5. The maximum atomic E-state index is 12.9. The number of methoxy groups -OCH3 is 2. The van der Waals surface area contributed by atoms with Crippen molar-refractivity contribution in [3.8, 4) is 11.5 Å². The number of fused-ring (bicyclic) bond motifs is 1. The van der Waals surface area contributed by atoms with Crippen LogP contribution in [0.5, 0.6) is 11.5 Å². The molecule has 0 saturated carbocycles. The molecule has 35 heavy (non-hydrogen) atoms. The number of nitrogens with one attached hydrogen (secondary N) is 2. The van der Waals surface area contributed by atoms with Crippen LogP contribution < -0.4 is 20.3 Å². The van der Waals surface area contributed by atoms with Gasteiger partial charge in [-0.25, -0.2) is 0 Å².